The molecule has 0 radical (unpaired) electrons. The lowest BCUT2D eigenvalue weighted by Gasteiger charge is -2.09. The molecule has 0 saturated heterocycles. The molecule has 6 heteroatoms. The molecule has 0 fully saturated rings. The molecule has 4 nitrogen and oxygen atoms in total. The van der Waals surface area contributed by atoms with Crippen LogP contribution in [-0.4, -0.2) is 43.2 Å². The molecule has 78 valence electrons. The maximum absolute atomic E-state index is 11.7. The molecule has 0 aliphatic heterocycles. The molecule has 1 unspecified atom stereocenters. The summed E-state index contributed by atoms with van der Waals surface area (Å²) in [5.41, 5.74) is 0. The van der Waals surface area contributed by atoms with Crippen molar-refractivity contribution in [1.29, 1.82) is 0 Å². The number of rotatable bonds is 6. The van der Waals surface area contributed by atoms with E-state index in [1.807, 2.05) is 0 Å². The van der Waals surface area contributed by atoms with Crippen LogP contribution >= 0.6 is 0 Å². The predicted octanol–water partition coefficient (Wildman–Crippen LogP) is -0.662. The summed E-state index contributed by atoms with van der Waals surface area (Å²) in [6.45, 7) is 1.91. The number of nitrogens with one attached hydrogen (secondary N) is 2. The van der Waals surface area contributed by atoms with Crippen molar-refractivity contribution in [3.63, 3.8) is 0 Å². The number of carbonyl (C=O) groups excluding carboxylic acids is 1. The summed E-state index contributed by atoms with van der Waals surface area (Å²) in [5, 5.41) is 13.5. The third kappa shape index (κ3) is 6.41. The molecule has 3 N–H and O–H groups in total. The third-order valence-electron chi connectivity index (χ3n) is 1.30. The van der Waals surface area contributed by atoms with E-state index in [-0.39, 0.29) is 19.0 Å². The van der Waals surface area contributed by atoms with Gasteiger partial charge in [0.1, 0.15) is 6.10 Å². The van der Waals surface area contributed by atoms with Crippen molar-refractivity contribution in [2.45, 2.75) is 19.5 Å². The Hall–Kier alpha value is -0.750. The van der Waals surface area contributed by atoms with Gasteiger partial charge in [-0.1, -0.05) is 0 Å². The molecular weight excluding hydrogens is 182 g/mol. The zero-order valence-corrected chi connectivity index (χ0v) is 7.39. The molecule has 0 saturated carbocycles. The van der Waals surface area contributed by atoms with Crippen LogP contribution in [0.2, 0.25) is 0 Å². The second kappa shape index (κ2) is 6.73. The van der Waals surface area contributed by atoms with E-state index in [0.29, 0.717) is 6.54 Å². The average molecular weight is 196 g/mol. The van der Waals surface area contributed by atoms with E-state index in [1.165, 1.54) is 0 Å². The van der Waals surface area contributed by atoms with Crippen LogP contribution in [0, 0.1) is 0 Å². The molecule has 1 amide bonds. The van der Waals surface area contributed by atoms with E-state index in [0.717, 1.165) is 0 Å². The van der Waals surface area contributed by atoms with E-state index in [9.17, 15) is 13.6 Å². The smallest absolute Gasteiger partial charge is 0.265 e. The number of likely N-dealkylation sites (N-methyl/N-ethyl adjacent to an activating group) is 1. The predicted molar refractivity (Wildman–Crippen MR) is 43.6 cm³/mol. The molecule has 0 aliphatic rings. The second-order valence-corrected chi connectivity index (χ2v) is 2.49. The number of aliphatic hydroxyl groups is 1. The first-order valence-corrected chi connectivity index (χ1v) is 4.01. The maximum atomic E-state index is 11.7. The summed E-state index contributed by atoms with van der Waals surface area (Å²) in [6, 6.07) is 0. The van der Waals surface area contributed by atoms with Crippen molar-refractivity contribution < 1.29 is 18.7 Å². The second-order valence-electron chi connectivity index (χ2n) is 2.49. The van der Waals surface area contributed by atoms with Crippen LogP contribution in [0.15, 0.2) is 0 Å². The molecule has 0 aromatic carbocycles. The molecule has 0 aromatic rings. The van der Waals surface area contributed by atoms with Crippen LogP contribution < -0.4 is 10.6 Å². The van der Waals surface area contributed by atoms with Crippen LogP contribution in [-0.2, 0) is 4.79 Å². The number of hydrogen-bond acceptors (Lipinski definition) is 3. The van der Waals surface area contributed by atoms with Gasteiger partial charge in [-0.05, 0) is 6.92 Å². The monoisotopic (exact) mass is 196 g/mol. The Kier molecular flexibility index (Phi) is 6.34. The quantitative estimate of drug-likeness (QED) is 0.528. The topological polar surface area (TPSA) is 61.4 Å². The van der Waals surface area contributed by atoms with Crippen molar-refractivity contribution in [2.24, 2.45) is 0 Å². The fourth-order valence-corrected chi connectivity index (χ4v) is 0.682. The van der Waals surface area contributed by atoms with Gasteiger partial charge in [0.05, 0.1) is 6.54 Å². The molecule has 0 heterocycles. The molecule has 13 heavy (non-hydrogen) atoms. The van der Waals surface area contributed by atoms with Crippen LogP contribution in [0.4, 0.5) is 8.78 Å². The zero-order valence-electron chi connectivity index (χ0n) is 7.39. The van der Waals surface area contributed by atoms with Crippen LogP contribution in [0.3, 0.4) is 0 Å². The Bertz CT molecular complexity index is 155. The van der Waals surface area contributed by atoms with Gasteiger partial charge >= 0.3 is 0 Å². The largest absolute Gasteiger partial charge is 0.386 e. The van der Waals surface area contributed by atoms with E-state index in [1.54, 1.807) is 6.92 Å². The lowest BCUT2D eigenvalue weighted by atomic mass is 10.3. The van der Waals surface area contributed by atoms with Crippen LogP contribution in [0.25, 0.3) is 0 Å². The molecule has 1 atom stereocenters. The first-order valence-electron chi connectivity index (χ1n) is 4.01. The van der Waals surface area contributed by atoms with Crippen molar-refractivity contribution in [2.75, 3.05) is 19.6 Å². The maximum Gasteiger partial charge on any atom is 0.265 e. The van der Waals surface area contributed by atoms with Gasteiger partial charge in [0, 0.05) is 13.1 Å². The molecule has 0 aliphatic carbocycles. The number of halogens is 2. The molecule has 0 spiro atoms. The normalized spacial score (nSPS) is 13.0. The minimum atomic E-state index is -2.78. The van der Waals surface area contributed by atoms with Gasteiger partial charge in [-0.15, -0.1) is 0 Å². The van der Waals surface area contributed by atoms with E-state index in [4.69, 9.17) is 5.11 Å². The van der Waals surface area contributed by atoms with Crippen LogP contribution in [0.5, 0.6) is 0 Å². The Morgan fingerprint density at radius 2 is 2.15 bits per heavy atom. The molecular formula is C7H14F2N2O2. The highest BCUT2D eigenvalue weighted by Crippen LogP contribution is 1.97. The van der Waals surface area contributed by atoms with Crippen molar-refractivity contribution in [1.82, 2.24) is 10.6 Å². The fraction of sp³-hybridized carbons (Fsp3) is 0.857. The first-order chi connectivity index (χ1) is 6.07. The Labute approximate surface area is 75.3 Å². The van der Waals surface area contributed by atoms with Gasteiger partial charge in [0.2, 0.25) is 5.91 Å². The lowest BCUT2D eigenvalue weighted by molar-refractivity contribution is -0.120. The minimum absolute atomic E-state index is 0.0579. The molecule has 0 bridgehead atoms. The standard InChI is InChI=1S/C7H14F2N2O2/c1-2-11-6(13)4-10-3-5(12)7(8)9/h5,7,10,12H,2-4H2,1H3,(H,11,13). The Morgan fingerprint density at radius 3 is 2.62 bits per heavy atom. The summed E-state index contributed by atoms with van der Waals surface area (Å²) >= 11 is 0. The summed E-state index contributed by atoms with van der Waals surface area (Å²) < 4.78 is 23.4. The Morgan fingerprint density at radius 1 is 1.54 bits per heavy atom. The summed E-state index contributed by atoms with van der Waals surface area (Å²) in [5.74, 6) is -0.274. The van der Waals surface area contributed by atoms with Gasteiger partial charge in [-0.2, -0.15) is 0 Å². The molecule has 0 aromatic heterocycles. The number of alkyl halides is 2. The summed E-state index contributed by atoms with van der Waals surface area (Å²) in [4.78, 5) is 10.8. The van der Waals surface area contributed by atoms with E-state index < -0.39 is 12.5 Å². The lowest BCUT2D eigenvalue weighted by Crippen LogP contribution is -2.39. The Balaban J connectivity index is 3.39. The summed E-state index contributed by atoms with van der Waals surface area (Å²) in [6.07, 6.45) is -4.49. The van der Waals surface area contributed by atoms with Gasteiger partial charge < -0.3 is 15.7 Å². The van der Waals surface area contributed by atoms with Gasteiger partial charge in [0.15, 0.2) is 0 Å². The van der Waals surface area contributed by atoms with Gasteiger partial charge in [0.25, 0.3) is 6.43 Å². The van der Waals surface area contributed by atoms with E-state index >= 15 is 0 Å². The first kappa shape index (κ1) is 12.2. The highest BCUT2D eigenvalue weighted by atomic mass is 19.3. The van der Waals surface area contributed by atoms with Crippen molar-refractivity contribution >= 4 is 5.91 Å². The number of amides is 1. The number of hydrogen-bond donors (Lipinski definition) is 3. The van der Waals surface area contributed by atoms with E-state index in [2.05, 4.69) is 10.6 Å². The van der Waals surface area contributed by atoms with Gasteiger partial charge in [-0.25, -0.2) is 8.78 Å². The highest BCUT2D eigenvalue weighted by molar-refractivity contribution is 5.77. The van der Waals surface area contributed by atoms with Crippen molar-refractivity contribution in [3.05, 3.63) is 0 Å². The average Bonchev–Trinajstić information content (AvgIpc) is 2.04. The number of carbonyl (C=O) groups is 1. The van der Waals surface area contributed by atoms with Crippen LogP contribution in [0.1, 0.15) is 6.92 Å². The minimum Gasteiger partial charge on any atom is -0.386 e. The molecule has 0 rings (SSSR count). The third-order valence-corrected chi connectivity index (χ3v) is 1.30. The number of aliphatic hydroxyl groups excluding tert-OH is 1. The van der Waals surface area contributed by atoms with Crippen molar-refractivity contribution in [3.8, 4) is 0 Å². The fourth-order valence-electron chi connectivity index (χ4n) is 0.682. The summed E-state index contributed by atoms with van der Waals surface area (Å²) in [7, 11) is 0. The highest BCUT2D eigenvalue weighted by Gasteiger charge is 2.15. The zero-order chi connectivity index (χ0) is 10.3. The van der Waals surface area contributed by atoms with Gasteiger partial charge in [-0.3, -0.25) is 4.79 Å². The SMILES string of the molecule is CCNC(=O)CNCC(O)C(F)F.